The summed E-state index contributed by atoms with van der Waals surface area (Å²) in [6.45, 7) is 8.94. The van der Waals surface area contributed by atoms with Crippen molar-refractivity contribution in [2.24, 2.45) is 11.8 Å². The largest absolute Gasteiger partial charge is 0.375 e. The van der Waals surface area contributed by atoms with Crippen LogP contribution in [0.4, 0.5) is 0 Å². The normalized spacial score (nSPS) is 49.2. The average molecular weight is 142 g/mol. The van der Waals surface area contributed by atoms with Gasteiger partial charge in [0, 0.05) is 0 Å². The zero-order valence-corrected chi connectivity index (χ0v) is 7.42. The second-order valence-electron chi connectivity index (χ2n) is 3.72. The lowest BCUT2D eigenvalue weighted by Crippen LogP contribution is -2.35. The van der Waals surface area contributed by atoms with Crippen LogP contribution in [0.3, 0.4) is 0 Å². The highest BCUT2D eigenvalue weighted by Gasteiger charge is 2.27. The summed E-state index contributed by atoms with van der Waals surface area (Å²) in [4.78, 5) is 0. The highest BCUT2D eigenvalue weighted by atomic mass is 16.5. The van der Waals surface area contributed by atoms with E-state index in [0.29, 0.717) is 12.2 Å². The maximum Gasteiger partial charge on any atom is 0.0578 e. The van der Waals surface area contributed by atoms with E-state index in [9.17, 15) is 0 Å². The van der Waals surface area contributed by atoms with E-state index in [2.05, 4.69) is 27.7 Å². The van der Waals surface area contributed by atoms with Crippen molar-refractivity contribution in [1.82, 2.24) is 0 Å². The van der Waals surface area contributed by atoms with Crippen LogP contribution in [-0.4, -0.2) is 12.2 Å². The highest BCUT2D eigenvalue weighted by Crippen LogP contribution is 2.29. The monoisotopic (exact) mass is 142 g/mol. The molecule has 0 saturated carbocycles. The third-order valence-corrected chi connectivity index (χ3v) is 2.79. The molecule has 60 valence electrons. The maximum absolute atomic E-state index is 5.67. The molecule has 4 atom stereocenters. The SMILES string of the molecule is CC1C[C@@H](C)[C@@H](C)C(C)O1. The summed E-state index contributed by atoms with van der Waals surface area (Å²) in [5.41, 5.74) is 0. The molecule has 1 rings (SSSR count). The molecule has 1 heterocycles. The van der Waals surface area contributed by atoms with Gasteiger partial charge in [0.25, 0.3) is 0 Å². The van der Waals surface area contributed by atoms with E-state index < -0.39 is 0 Å². The molecule has 0 aromatic rings. The molecule has 1 fully saturated rings. The molecule has 0 aromatic carbocycles. The fourth-order valence-corrected chi connectivity index (χ4v) is 1.75. The van der Waals surface area contributed by atoms with Gasteiger partial charge in [0.05, 0.1) is 12.2 Å². The Morgan fingerprint density at radius 2 is 1.70 bits per heavy atom. The Balaban J connectivity index is 2.49. The zero-order chi connectivity index (χ0) is 7.72. The van der Waals surface area contributed by atoms with Crippen molar-refractivity contribution < 1.29 is 4.74 Å². The lowest BCUT2D eigenvalue weighted by atomic mass is 9.85. The fourth-order valence-electron chi connectivity index (χ4n) is 1.75. The van der Waals surface area contributed by atoms with Gasteiger partial charge < -0.3 is 4.74 Å². The lowest BCUT2D eigenvalue weighted by Gasteiger charge is -2.35. The molecule has 0 bridgehead atoms. The molecule has 1 saturated heterocycles. The standard InChI is InChI=1S/C9H18O/c1-6-5-7(2)10-9(4)8(6)3/h6-9H,5H2,1-4H3/t6-,7?,8-,9?/m1/s1. The van der Waals surface area contributed by atoms with Gasteiger partial charge in [-0.2, -0.15) is 0 Å². The minimum absolute atomic E-state index is 0.457. The molecule has 0 amide bonds. The Hall–Kier alpha value is -0.0400. The molecule has 2 unspecified atom stereocenters. The topological polar surface area (TPSA) is 9.23 Å². The lowest BCUT2D eigenvalue weighted by molar-refractivity contribution is -0.0828. The van der Waals surface area contributed by atoms with Gasteiger partial charge in [0.15, 0.2) is 0 Å². The summed E-state index contributed by atoms with van der Waals surface area (Å²) in [7, 11) is 0. The molecule has 0 radical (unpaired) electrons. The zero-order valence-electron chi connectivity index (χ0n) is 7.42. The van der Waals surface area contributed by atoms with Crippen LogP contribution in [0, 0.1) is 11.8 Å². The summed E-state index contributed by atoms with van der Waals surface area (Å²) in [6, 6.07) is 0. The molecular weight excluding hydrogens is 124 g/mol. The summed E-state index contributed by atoms with van der Waals surface area (Å²) >= 11 is 0. The number of ether oxygens (including phenoxy) is 1. The van der Waals surface area contributed by atoms with Crippen molar-refractivity contribution in [3.8, 4) is 0 Å². The van der Waals surface area contributed by atoms with Crippen LogP contribution in [0.5, 0.6) is 0 Å². The molecule has 1 aliphatic heterocycles. The van der Waals surface area contributed by atoms with Crippen LogP contribution in [0.1, 0.15) is 34.1 Å². The Morgan fingerprint density at radius 1 is 1.10 bits per heavy atom. The van der Waals surface area contributed by atoms with Crippen LogP contribution in [0.15, 0.2) is 0 Å². The smallest absolute Gasteiger partial charge is 0.0578 e. The molecule has 0 aromatic heterocycles. The highest BCUT2D eigenvalue weighted by molar-refractivity contribution is 4.76. The Kier molecular flexibility index (Phi) is 2.35. The van der Waals surface area contributed by atoms with Gasteiger partial charge in [-0.3, -0.25) is 0 Å². The average Bonchev–Trinajstić information content (AvgIpc) is 1.82. The number of rotatable bonds is 0. The van der Waals surface area contributed by atoms with Crippen molar-refractivity contribution in [1.29, 1.82) is 0 Å². The molecule has 0 spiro atoms. The molecular formula is C9H18O. The number of hydrogen-bond acceptors (Lipinski definition) is 1. The third-order valence-electron chi connectivity index (χ3n) is 2.79. The molecule has 0 aliphatic carbocycles. The number of hydrogen-bond donors (Lipinski definition) is 0. The van der Waals surface area contributed by atoms with Gasteiger partial charge >= 0.3 is 0 Å². The molecule has 10 heavy (non-hydrogen) atoms. The van der Waals surface area contributed by atoms with E-state index in [1.165, 1.54) is 6.42 Å². The third kappa shape index (κ3) is 1.51. The van der Waals surface area contributed by atoms with Crippen molar-refractivity contribution >= 4 is 0 Å². The van der Waals surface area contributed by atoms with Crippen molar-refractivity contribution in [2.75, 3.05) is 0 Å². The summed E-state index contributed by atoms with van der Waals surface area (Å²) < 4.78 is 5.67. The van der Waals surface area contributed by atoms with Gasteiger partial charge in [-0.1, -0.05) is 13.8 Å². The van der Waals surface area contributed by atoms with Gasteiger partial charge in [-0.15, -0.1) is 0 Å². The van der Waals surface area contributed by atoms with Gasteiger partial charge in [0.1, 0.15) is 0 Å². The van der Waals surface area contributed by atoms with E-state index in [0.717, 1.165) is 11.8 Å². The second-order valence-corrected chi connectivity index (χ2v) is 3.72. The first-order valence-electron chi connectivity index (χ1n) is 4.26. The minimum Gasteiger partial charge on any atom is -0.375 e. The van der Waals surface area contributed by atoms with Crippen molar-refractivity contribution in [3.63, 3.8) is 0 Å². The predicted octanol–water partition coefficient (Wildman–Crippen LogP) is 2.46. The minimum atomic E-state index is 0.457. The van der Waals surface area contributed by atoms with Crippen LogP contribution in [0.25, 0.3) is 0 Å². The molecule has 1 nitrogen and oxygen atoms in total. The first-order chi connectivity index (χ1) is 4.61. The van der Waals surface area contributed by atoms with E-state index in [-0.39, 0.29) is 0 Å². The van der Waals surface area contributed by atoms with Gasteiger partial charge in [0.2, 0.25) is 0 Å². The first kappa shape index (κ1) is 8.06. The Morgan fingerprint density at radius 3 is 2.20 bits per heavy atom. The summed E-state index contributed by atoms with van der Waals surface area (Å²) in [6.07, 6.45) is 2.16. The first-order valence-corrected chi connectivity index (χ1v) is 4.26. The van der Waals surface area contributed by atoms with E-state index >= 15 is 0 Å². The fraction of sp³-hybridized carbons (Fsp3) is 1.00. The second kappa shape index (κ2) is 2.91. The van der Waals surface area contributed by atoms with E-state index in [1.54, 1.807) is 0 Å². The van der Waals surface area contributed by atoms with Gasteiger partial charge in [-0.25, -0.2) is 0 Å². The summed E-state index contributed by atoms with van der Waals surface area (Å²) in [5.74, 6) is 1.56. The van der Waals surface area contributed by atoms with Crippen LogP contribution in [-0.2, 0) is 4.74 Å². The molecule has 1 aliphatic rings. The summed E-state index contributed by atoms with van der Waals surface area (Å²) in [5, 5.41) is 0. The Labute approximate surface area is 63.8 Å². The molecule has 1 heteroatoms. The predicted molar refractivity (Wildman–Crippen MR) is 43.0 cm³/mol. The van der Waals surface area contributed by atoms with Gasteiger partial charge in [-0.05, 0) is 32.1 Å². The van der Waals surface area contributed by atoms with E-state index in [4.69, 9.17) is 4.74 Å². The van der Waals surface area contributed by atoms with E-state index in [1.807, 2.05) is 0 Å². The van der Waals surface area contributed by atoms with Crippen LogP contribution < -0.4 is 0 Å². The van der Waals surface area contributed by atoms with Crippen LogP contribution >= 0.6 is 0 Å². The maximum atomic E-state index is 5.67. The van der Waals surface area contributed by atoms with Crippen molar-refractivity contribution in [2.45, 2.75) is 46.3 Å². The van der Waals surface area contributed by atoms with Crippen molar-refractivity contribution in [3.05, 3.63) is 0 Å². The quantitative estimate of drug-likeness (QED) is 0.505. The Bertz CT molecular complexity index is 99.3. The molecule has 0 N–H and O–H groups in total. The van der Waals surface area contributed by atoms with Crippen LogP contribution in [0.2, 0.25) is 0 Å².